The molecular formula is C20H22O5. The first-order valence-electron chi connectivity index (χ1n) is 8.08. The molecule has 0 N–H and O–H groups in total. The molecule has 5 nitrogen and oxygen atoms in total. The maximum atomic E-state index is 12.2. The van der Waals surface area contributed by atoms with E-state index in [1.54, 1.807) is 64.1 Å². The van der Waals surface area contributed by atoms with Crippen LogP contribution in [0.2, 0.25) is 0 Å². The van der Waals surface area contributed by atoms with Crippen LogP contribution in [0, 0.1) is 5.41 Å². The maximum absolute atomic E-state index is 12.2. The number of carbonyl (C=O) groups excluding carboxylic acids is 2. The minimum absolute atomic E-state index is 0.223. The summed E-state index contributed by atoms with van der Waals surface area (Å²) in [5.74, 6) is 0.395. The fourth-order valence-electron chi connectivity index (χ4n) is 2.05. The third kappa shape index (κ3) is 4.83. The number of carbonyl (C=O) groups is 2. The van der Waals surface area contributed by atoms with Crippen molar-refractivity contribution in [2.75, 3.05) is 6.61 Å². The first kappa shape index (κ1) is 18.5. The average Bonchev–Trinajstić information content (AvgIpc) is 2.55. The van der Waals surface area contributed by atoms with Crippen LogP contribution in [0.25, 0.3) is 11.1 Å². The Kier molecular flexibility index (Phi) is 5.80. The fourth-order valence-corrected chi connectivity index (χ4v) is 2.05. The van der Waals surface area contributed by atoms with Gasteiger partial charge in [0.25, 0.3) is 0 Å². The normalized spacial score (nSPS) is 10.9. The molecule has 5 heteroatoms. The van der Waals surface area contributed by atoms with Crippen LogP contribution in [0.1, 0.15) is 27.7 Å². The van der Waals surface area contributed by atoms with Crippen LogP contribution >= 0.6 is 0 Å². The molecule has 0 aliphatic heterocycles. The number of ether oxygens (including phenoxy) is 3. The molecule has 132 valence electrons. The van der Waals surface area contributed by atoms with Crippen molar-refractivity contribution >= 4 is 12.1 Å². The van der Waals surface area contributed by atoms with Crippen LogP contribution in [0.4, 0.5) is 4.79 Å². The Morgan fingerprint density at radius 2 is 1.32 bits per heavy atom. The quantitative estimate of drug-likeness (QED) is 0.452. The van der Waals surface area contributed by atoms with Crippen molar-refractivity contribution in [1.82, 2.24) is 0 Å². The molecule has 0 aliphatic rings. The van der Waals surface area contributed by atoms with E-state index >= 15 is 0 Å². The van der Waals surface area contributed by atoms with Gasteiger partial charge in [0.15, 0.2) is 0 Å². The molecule has 25 heavy (non-hydrogen) atoms. The van der Waals surface area contributed by atoms with Gasteiger partial charge in [-0.1, -0.05) is 36.4 Å². The minimum Gasteiger partial charge on any atom is -0.434 e. The molecule has 0 aliphatic carbocycles. The number of hydrogen-bond acceptors (Lipinski definition) is 5. The Balaban J connectivity index is 2.40. The van der Waals surface area contributed by atoms with E-state index in [9.17, 15) is 9.59 Å². The molecule has 0 radical (unpaired) electrons. The van der Waals surface area contributed by atoms with E-state index < -0.39 is 11.6 Å². The van der Waals surface area contributed by atoms with Gasteiger partial charge in [0.05, 0.1) is 12.0 Å². The summed E-state index contributed by atoms with van der Waals surface area (Å²) >= 11 is 0. The second kappa shape index (κ2) is 7.83. The summed E-state index contributed by atoms with van der Waals surface area (Å²) in [5.41, 5.74) is 0.654. The maximum Gasteiger partial charge on any atom is 0.513 e. The van der Waals surface area contributed by atoms with Gasteiger partial charge in [-0.3, -0.25) is 4.79 Å². The van der Waals surface area contributed by atoms with E-state index in [0.29, 0.717) is 22.6 Å². The van der Waals surface area contributed by atoms with Crippen molar-refractivity contribution in [3.8, 4) is 22.6 Å². The highest BCUT2D eigenvalue weighted by atomic mass is 16.7. The summed E-state index contributed by atoms with van der Waals surface area (Å²) in [6.45, 7) is 7.29. The zero-order chi connectivity index (χ0) is 18.4. The lowest BCUT2D eigenvalue weighted by atomic mass is 9.97. The van der Waals surface area contributed by atoms with Gasteiger partial charge in [0.2, 0.25) is 0 Å². The summed E-state index contributed by atoms with van der Waals surface area (Å²) in [5, 5.41) is 0. The molecular weight excluding hydrogens is 320 g/mol. The lowest BCUT2D eigenvalue weighted by Gasteiger charge is -2.18. The van der Waals surface area contributed by atoms with E-state index in [4.69, 9.17) is 14.2 Å². The Bertz CT molecular complexity index is 759. The molecule has 0 atom stereocenters. The van der Waals surface area contributed by atoms with Gasteiger partial charge >= 0.3 is 12.1 Å². The van der Waals surface area contributed by atoms with Gasteiger partial charge in [-0.25, -0.2) is 4.79 Å². The molecule has 0 saturated carbocycles. The molecule has 0 spiro atoms. The molecule has 0 aromatic heterocycles. The lowest BCUT2D eigenvalue weighted by molar-refractivity contribution is -0.142. The van der Waals surface area contributed by atoms with Crippen LogP contribution in [0.15, 0.2) is 48.5 Å². The number of esters is 1. The van der Waals surface area contributed by atoms with Gasteiger partial charge in [-0.15, -0.1) is 0 Å². The standard InChI is InChI=1S/C20H22O5/c1-5-23-19(22)25-17-13-9-7-11-15(17)14-10-6-8-12-16(14)24-18(21)20(2,3)4/h6-13H,5H2,1-4H3. The Labute approximate surface area is 147 Å². The van der Waals surface area contributed by atoms with E-state index in [0.717, 1.165) is 0 Å². The third-order valence-electron chi connectivity index (χ3n) is 3.33. The molecule has 0 heterocycles. The number of benzene rings is 2. The number of para-hydroxylation sites is 2. The zero-order valence-corrected chi connectivity index (χ0v) is 14.9. The largest absolute Gasteiger partial charge is 0.513 e. The van der Waals surface area contributed by atoms with Crippen LogP contribution in [-0.2, 0) is 9.53 Å². The van der Waals surface area contributed by atoms with Crippen molar-refractivity contribution in [2.24, 2.45) is 5.41 Å². The van der Waals surface area contributed by atoms with E-state index in [-0.39, 0.29) is 12.6 Å². The monoisotopic (exact) mass is 342 g/mol. The molecule has 0 amide bonds. The van der Waals surface area contributed by atoms with Crippen molar-refractivity contribution in [3.63, 3.8) is 0 Å². The summed E-state index contributed by atoms with van der Waals surface area (Å²) in [6, 6.07) is 14.1. The topological polar surface area (TPSA) is 61.8 Å². The summed E-state index contributed by atoms with van der Waals surface area (Å²) in [4.78, 5) is 23.9. The van der Waals surface area contributed by atoms with Gasteiger partial charge < -0.3 is 14.2 Å². The highest BCUT2D eigenvalue weighted by molar-refractivity contribution is 5.83. The van der Waals surface area contributed by atoms with Gasteiger partial charge in [0, 0.05) is 11.1 Å². The Morgan fingerprint density at radius 3 is 1.80 bits per heavy atom. The summed E-state index contributed by atoms with van der Waals surface area (Å²) in [6.07, 6.45) is -0.779. The molecule has 2 aromatic carbocycles. The fraction of sp³-hybridized carbons (Fsp3) is 0.300. The first-order valence-corrected chi connectivity index (χ1v) is 8.08. The van der Waals surface area contributed by atoms with Crippen LogP contribution in [-0.4, -0.2) is 18.7 Å². The average molecular weight is 342 g/mol. The second-order valence-corrected chi connectivity index (χ2v) is 6.42. The van der Waals surface area contributed by atoms with Crippen LogP contribution < -0.4 is 9.47 Å². The molecule has 2 aromatic rings. The predicted octanol–water partition coefficient (Wildman–Crippen LogP) is 4.84. The second-order valence-electron chi connectivity index (χ2n) is 6.42. The van der Waals surface area contributed by atoms with Crippen molar-refractivity contribution in [2.45, 2.75) is 27.7 Å². The summed E-state index contributed by atoms with van der Waals surface area (Å²) < 4.78 is 15.7. The SMILES string of the molecule is CCOC(=O)Oc1ccccc1-c1ccccc1OC(=O)C(C)(C)C. The van der Waals surface area contributed by atoms with Crippen molar-refractivity contribution in [3.05, 3.63) is 48.5 Å². The lowest BCUT2D eigenvalue weighted by Crippen LogP contribution is -2.25. The van der Waals surface area contributed by atoms with Gasteiger partial charge in [0.1, 0.15) is 11.5 Å². The summed E-state index contributed by atoms with van der Waals surface area (Å²) in [7, 11) is 0. The smallest absolute Gasteiger partial charge is 0.434 e. The van der Waals surface area contributed by atoms with E-state index in [1.807, 2.05) is 12.1 Å². The highest BCUT2D eigenvalue weighted by Gasteiger charge is 2.25. The van der Waals surface area contributed by atoms with Crippen molar-refractivity contribution in [1.29, 1.82) is 0 Å². The first-order chi connectivity index (χ1) is 11.8. The van der Waals surface area contributed by atoms with Crippen LogP contribution in [0.3, 0.4) is 0 Å². The molecule has 0 fully saturated rings. The van der Waals surface area contributed by atoms with E-state index in [1.165, 1.54) is 0 Å². The Morgan fingerprint density at radius 1 is 0.840 bits per heavy atom. The molecule has 0 unspecified atom stereocenters. The third-order valence-corrected chi connectivity index (χ3v) is 3.33. The van der Waals surface area contributed by atoms with Gasteiger partial charge in [-0.2, -0.15) is 0 Å². The predicted molar refractivity (Wildman–Crippen MR) is 94.6 cm³/mol. The molecule has 0 saturated heterocycles. The minimum atomic E-state index is -0.779. The van der Waals surface area contributed by atoms with E-state index in [2.05, 4.69) is 0 Å². The number of rotatable bonds is 4. The van der Waals surface area contributed by atoms with Gasteiger partial charge in [-0.05, 0) is 39.8 Å². The molecule has 2 rings (SSSR count). The zero-order valence-electron chi connectivity index (χ0n) is 14.9. The number of hydrogen-bond donors (Lipinski definition) is 0. The highest BCUT2D eigenvalue weighted by Crippen LogP contribution is 2.37. The molecule has 0 bridgehead atoms. The van der Waals surface area contributed by atoms with Crippen LogP contribution in [0.5, 0.6) is 11.5 Å². The Hall–Kier alpha value is -2.82. The van der Waals surface area contributed by atoms with Crippen molar-refractivity contribution < 1.29 is 23.8 Å².